The molecule has 4 aromatic rings. The number of cyclic esters (lactones) is 1. The van der Waals surface area contributed by atoms with Gasteiger partial charge in [0.1, 0.15) is 18.1 Å². The second kappa shape index (κ2) is 13.7. The summed E-state index contributed by atoms with van der Waals surface area (Å²) in [6.45, 7) is 3.91. The van der Waals surface area contributed by atoms with Crippen LogP contribution in [0.15, 0.2) is 103 Å². The predicted octanol–water partition coefficient (Wildman–Crippen LogP) is 7.92. The monoisotopic (exact) mass is 590 g/mol. The van der Waals surface area contributed by atoms with E-state index in [1.165, 1.54) is 0 Å². The van der Waals surface area contributed by atoms with Crippen molar-refractivity contribution in [2.24, 2.45) is 0 Å². The number of nitrogens with one attached hydrogen (secondary N) is 1. The number of carbonyl (C=O) groups is 3. The molecule has 2 amide bonds. The maximum Gasteiger partial charge on any atom is 0.341 e. The summed E-state index contributed by atoms with van der Waals surface area (Å²) < 4.78 is 16.7. The minimum atomic E-state index is -0.502. The van der Waals surface area contributed by atoms with Crippen molar-refractivity contribution in [3.05, 3.63) is 125 Å². The van der Waals surface area contributed by atoms with Crippen molar-refractivity contribution in [3.63, 3.8) is 0 Å². The summed E-state index contributed by atoms with van der Waals surface area (Å²) in [7, 11) is 1.57. The molecule has 0 atom stereocenters. The van der Waals surface area contributed by atoms with E-state index in [2.05, 4.69) is 5.32 Å². The van der Waals surface area contributed by atoms with Gasteiger partial charge in [0.05, 0.1) is 29.7 Å². The number of methoxy groups -OCH3 is 1. The molecule has 0 saturated carbocycles. The summed E-state index contributed by atoms with van der Waals surface area (Å²) >= 11 is 0. The molecule has 224 valence electrons. The van der Waals surface area contributed by atoms with E-state index in [-0.39, 0.29) is 19.0 Å². The second-order valence-corrected chi connectivity index (χ2v) is 10.4. The molecule has 5 rings (SSSR count). The molecule has 0 bridgehead atoms. The molecule has 1 heterocycles. The highest BCUT2D eigenvalue weighted by molar-refractivity contribution is 6.11. The molecular weight excluding hydrogens is 556 g/mol. The van der Waals surface area contributed by atoms with Gasteiger partial charge in [-0.15, -0.1) is 0 Å². The van der Waals surface area contributed by atoms with Crippen molar-refractivity contribution < 1.29 is 28.6 Å². The van der Waals surface area contributed by atoms with E-state index in [1.807, 2.05) is 98.8 Å². The van der Waals surface area contributed by atoms with E-state index in [4.69, 9.17) is 14.2 Å². The minimum absolute atomic E-state index is 0.0962. The zero-order valence-electron chi connectivity index (χ0n) is 25.0. The number of carbonyl (C=O) groups excluding carboxylic acids is 3. The van der Waals surface area contributed by atoms with E-state index in [0.29, 0.717) is 58.1 Å². The normalized spacial score (nSPS) is 12.2. The number of hydrogen-bond donors (Lipinski definition) is 1. The maximum absolute atomic E-state index is 14.1. The Morgan fingerprint density at radius 1 is 0.909 bits per heavy atom. The third kappa shape index (κ3) is 6.65. The lowest BCUT2D eigenvalue weighted by atomic mass is 9.93. The van der Waals surface area contributed by atoms with Gasteiger partial charge in [-0.2, -0.15) is 0 Å². The van der Waals surface area contributed by atoms with Crippen LogP contribution in [0.4, 0.5) is 21.9 Å². The van der Waals surface area contributed by atoms with Gasteiger partial charge >= 0.3 is 18.0 Å². The molecule has 1 aliphatic rings. The van der Waals surface area contributed by atoms with Gasteiger partial charge in [-0.05, 0) is 68.7 Å². The molecule has 0 aliphatic carbocycles. The molecule has 44 heavy (non-hydrogen) atoms. The number of rotatable bonds is 10. The predicted molar refractivity (Wildman–Crippen MR) is 170 cm³/mol. The van der Waals surface area contributed by atoms with Crippen molar-refractivity contribution in [2.45, 2.75) is 39.7 Å². The molecular formula is C36H34N2O6. The minimum Gasteiger partial charge on any atom is -0.496 e. The van der Waals surface area contributed by atoms with Crippen molar-refractivity contribution in [1.29, 1.82) is 0 Å². The van der Waals surface area contributed by atoms with Crippen LogP contribution in [0, 0.1) is 6.92 Å². The summed E-state index contributed by atoms with van der Waals surface area (Å²) in [6, 6.07) is 27.1. The molecule has 0 fully saturated rings. The molecule has 0 unspecified atom stereocenters. The number of amides is 2. The molecule has 0 aromatic heterocycles. The van der Waals surface area contributed by atoms with Gasteiger partial charge in [0.15, 0.2) is 0 Å². The van der Waals surface area contributed by atoms with E-state index in [0.717, 1.165) is 11.1 Å². The molecule has 1 N–H and O–H groups in total. The number of anilines is 3. The summed E-state index contributed by atoms with van der Waals surface area (Å²) in [5.74, 6) is 0.241. The van der Waals surface area contributed by atoms with Crippen molar-refractivity contribution >= 4 is 35.0 Å². The Labute approximate surface area is 256 Å². The van der Waals surface area contributed by atoms with Crippen LogP contribution in [0.3, 0.4) is 0 Å². The topological polar surface area (TPSA) is 94.2 Å². The van der Waals surface area contributed by atoms with Crippen molar-refractivity contribution in [3.8, 4) is 11.5 Å². The first-order chi connectivity index (χ1) is 21.4. The van der Waals surface area contributed by atoms with Gasteiger partial charge in [-0.3, -0.25) is 9.69 Å². The standard InChI is InChI=1S/C36H34N2O6/c1-24(20-22-31(39)44-28-17-11-6-12-18-28)19-21-29-33(32-30(23-43-35(32)40)25(2)34(29)42-3)37-36(41)38(26-13-7-4-8-14-26)27-15-9-5-10-16-27/h4-19H,20-23H2,1-3H3,(H,37,41). The van der Waals surface area contributed by atoms with E-state index < -0.39 is 12.0 Å². The molecule has 8 nitrogen and oxygen atoms in total. The number of fused-ring (bicyclic) bond motifs is 1. The molecule has 8 heteroatoms. The zero-order valence-corrected chi connectivity index (χ0v) is 25.0. The van der Waals surface area contributed by atoms with Gasteiger partial charge in [0, 0.05) is 17.5 Å². The fourth-order valence-electron chi connectivity index (χ4n) is 5.24. The number of esters is 2. The van der Waals surface area contributed by atoms with Gasteiger partial charge in [-0.25, -0.2) is 9.59 Å². The lowest BCUT2D eigenvalue weighted by Crippen LogP contribution is -2.32. The summed E-state index contributed by atoms with van der Waals surface area (Å²) in [5, 5.41) is 3.04. The third-order valence-electron chi connectivity index (χ3n) is 7.49. The first-order valence-corrected chi connectivity index (χ1v) is 14.4. The molecule has 0 saturated heterocycles. The fourth-order valence-corrected chi connectivity index (χ4v) is 5.24. The van der Waals surface area contributed by atoms with Crippen LogP contribution in [0.5, 0.6) is 11.5 Å². The number of benzene rings is 4. The Kier molecular flexibility index (Phi) is 9.40. The largest absolute Gasteiger partial charge is 0.496 e. The molecule has 0 spiro atoms. The summed E-state index contributed by atoms with van der Waals surface area (Å²) in [6.07, 6.45) is 3.01. The Hall–Kier alpha value is -5.37. The Morgan fingerprint density at radius 3 is 2.09 bits per heavy atom. The average molecular weight is 591 g/mol. The maximum atomic E-state index is 14.1. The lowest BCUT2D eigenvalue weighted by molar-refractivity contribution is -0.134. The van der Waals surface area contributed by atoms with Crippen LogP contribution in [-0.4, -0.2) is 25.1 Å². The second-order valence-electron chi connectivity index (χ2n) is 10.4. The number of urea groups is 1. The number of para-hydroxylation sites is 3. The highest BCUT2D eigenvalue weighted by atomic mass is 16.5. The zero-order chi connectivity index (χ0) is 31.1. The fraction of sp³-hybridized carbons (Fsp3) is 0.194. The highest BCUT2D eigenvalue weighted by Crippen LogP contribution is 2.42. The number of ether oxygens (including phenoxy) is 3. The third-order valence-corrected chi connectivity index (χ3v) is 7.49. The van der Waals surface area contributed by atoms with Crippen LogP contribution in [0.2, 0.25) is 0 Å². The quantitative estimate of drug-likeness (QED) is 0.115. The van der Waals surface area contributed by atoms with Gasteiger partial charge in [0.2, 0.25) is 0 Å². The SMILES string of the molecule is COc1c(C)c2c(c(NC(=O)N(c3ccccc3)c3ccccc3)c1CC=C(C)CCC(=O)Oc1ccccc1)C(=O)OC2. The van der Waals surface area contributed by atoms with E-state index >= 15 is 0 Å². The van der Waals surface area contributed by atoms with Crippen molar-refractivity contribution in [2.75, 3.05) is 17.3 Å². The Morgan fingerprint density at radius 2 is 1.50 bits per heavy atom. The summed E-state index contributed by atoms with van der Waals surface area (Å²) in [5.41, 5.74) is 5.05. The highest BCUT2D eigenvalue weighted by Gasteiger charge is 2.33. The molecule has 4 aromatic carbocycles. The number of allylic oxidation sites excluding steroid dienone is 2. The van der Waals surface area contributed by atoms with Crippen LogP contribution < -0.4 is 19.7 Å². The van der Waals surface area contributed by atoms with E-state index in [9.17, 15) is 14.4 Å². The van der Waals surface area contributed by atoms with Crippen LogP contribution >= 0.6 is 0 Å². The number of hydrogen-bond acceptors (Lipinski definition) is 6. The summed E-state index contributed by atoms with van der Waals surface area (Å²) in [4.78, 5) is 41.1. The van der Waals surface area contributed by atoms with Crippen LogP contribution in [0.25, 0.3) is 0 Å². The smallest absolute Gasteiger partial charge is 0.341 e. The van der Waals surface area contributed by atoms with Crippen molar-refractivity contribution in [1.82, 2.24) is 0 Å². The Bertz CT molecular complexity index is 1650. The van der Waals surface area contributed by atoms with Crippen LogP contribution in [0.1, 0.15) is 46.8 Å². The van der Waals surface area contributed by atoms with Gasteiger partial charge in [0.25, 0.3) is 0 Å². The first kappa shape index (κ1) is 30.1. The lowest BCUT2D eigenvalue weighted by Gasteiger charge is -2.26. The molecule has 0 radical (unpaired) electrons. The van der Waals surface area contributed by atoms with E-state index in [1.54, 1.807) is 24.1 Å². The molecule has 1 aliphatic heterocycles. The van der Waals surface area contributed by atoms with Crippen LogP contribution in [-0.2, 0) is 22.6 Å². The average Bonchev–Trinajstić information content (AvgIpc) is 3.43. The van der Waals surface area contributed by atoms with Gasteiger partial charge < -0.3 is 19.5 Å². The number of nitrogens with zero attached hydrogens (tertiary/aromatic N) is 1. The first-order valence-electron chi connectivity index (χ1n) is 14.4. The Balaban J connectivity index is 1.46. The van der Waals surface area contributed by atoms with Gasteiger partial charge in [-0.1, -0.05) is 66.2 Å².